The van der Waals surface area contributed by atoms with Crippen molar-refractivity contribution in [3.63, 3.8) is 0 Å². The summed E-state index contributed by atoms with van der Waals surface area (Å²) in [5.74, 6) is 5.42. The molecule has 772 valence electrons. The van der Waals surface area contributed by atoms with Crippen LogP contribution in [0, 0.1) is 28.6 Å². The fourth-order valence-electron chi connectivity index (χ4n) is 16.3. The highest BCUT2D eigenvalue weighted by atomic mass is 32.1. The average Bonchev–Trinajstić information content (AvgIpc) is 1.72. The molecule has 0 saturated carbocycles. The largest absolute Gasteiger partial charge is 0.472 e. The van der Waals surface area contributed by atoms with Gasteiger partial charge in [-0.1, -0.05) is 156 Å². The number of hydrogen-bond donors (Lipinski definition) is 0. The fraction of sp³-hybridized carbons (Fsp3) is 0.795. The van der Waals surface area contributed by atoms with E-state index in [-0.39, 0.29) is 17.1 Å². The van der Waals surface area contributed by atoms with Crippen molar-refractivity contribution in [2.24, 2.45) is 28.6 Å². The van der Waals surface area contributed by atoms with Crippen molar-refractivity contribution in [2.75, 3.05) is 130 Å². The first kappa shape index (κ1) is 125. The number of amides is 1. The Bertz CT molecular complexity index is 3660. The summed E-state index contributed by atoms with van der Waals surface area (Å²) in [4.78, 5) is 53.7. The number of ether oxygens (including phenoxy) is 4. The summed E-state index contributed by atoms with van der Waals surface area (Å²) in [6, 6.07) is 11.7. The first-order chi connectivity index (χ1) is 63.2. The number of nitrogens with zero attached hydrogens (tertiary/aromatic N) is 14. The van der Waals surface area contributed by atoms with Gasteiger partial charge < -0.3 is 48.3 Å². The molecule has 6 saturated heterocycles. The van der Waals surface area contributed by atoms with Crippen LogP contribution < -0.4 is 9.64 Å². The Morgan fingerprint density at radius 1 is 0.493 bits per heavy atom. The van der Waals surface area contributed by atoms with Crippen LogP contribution in [0.3, 0.4) is 0 Å². The van der Waals surface area contributed by atoms with E-state index < -0.39 is 0 Å². The number of aromatic nitrogens is 7. The molecule has 0 N–H and O–H groups in total. The smallest absolute Gasteiger partial charge is 0.219 e. The van der Waals surface area contributed by atoms with Crippen LogP contribution in [0.2, 0.25) is 0 Å². The van der Waals surface area contributed by atoms with E-state index in [9.17, 15) is 4.79 Å². The molecule has 134 heavy (non-hydrogen) atoms. The summed E-state index contributed by atoms with van der Waals surface area (Å²) in [6.45, 7) is 91.8. The van der Waals surface area contributed by atoms with Crippen LogP contribution >= 0.6 is 34.0 Å². The van der Waals surface area contributed by atoms with E-state index in [2.05, 4.69) is 275 Å². The number of methoxy groups -OCH3 is 1. The van der Waals surface area contributed by atoms with Crippen molar-refractivity contribution < 1.29 is 23.7 Å². The lowest BCUT2D eigenvalue weighted by molar-refractivity contribution is -0.134. The number of carbonyl (C=O) groups is 1. The number of thiazole rings is 3. The minimum absolute atomic E-state index is 0.0664. The SMILES string of the molecule is CC(=O)N1CCC(OC(C)(C)C)CC1.CC(C)(C)CCc1ccccn1.CC(C)(C)N1CCCCC1.CC(C)(C)Oc1ccccn1.CC(C)c1csc(-n2ccnc2)n1.CC(C)c1cscn1.CCCN1CCC(CCC(C)(C)C)CC1.CCCN1CCC(CCC(C)C)CC1.CCCN1CCC(OC(C)C)CC1.CCCN1CCC(OC)CC1.CCN(CC)c1nc(C(C)C)cs1. The number of carbonyl (C=O) groups excluding carboxylic acids is 1. The molecule has 6 aliphatic rings. The predicted molar refractivity (Wildman–Crippen MR) is 582 cm³/mol. The lowest BCUT2D eigenvalue weighted by Crippen LogP contribution is -2.44. The van der Waals surface area contributed by atoms with E-state index >= 15 is 0 Å². The van der Waals surface area contributed by atoms with Crippen LogP contribution in [0.5, 0.6) is 5.88 Å². The van der Waals surface area contributed by atoms with E-state index in [0.29, 0.717) is 64.4 Å². The summed E-state index contributed by atoms with van der Waals surface area (Å²) < 4.78 is 24.4. The molecule has 0 bridgehead atoms. The zero-order chi connectivity index (χ0) is 100. The van der Waals surface area contributed by atoms with Gasteiger partial charge in [0.25, 0.3) is 0 Å². The molecule has 1 amide bonds. The second-order valence-electron chi connectivity index (χ2n) is 44.7. The first-order valence-corrected chi connectivity index (χ1v) is 55.7. The summed E-state index contributed by atoms with van der Waals surface area (Å²) in [6.07, 6.45) is 40.8. The molecule has 0 aromatic carbocycles. The van der Waals surface area contributed by atoms with E-state index in [1.54, 1.807) is 59.7 Å². The Kier molecular flexibility index (Phi) is 65.3. The number of pyridine rings is 2. The van der Waals surface area contributed by atoms with Gasteiger partial charge in [-0.2, -0.15) is 0 Å². The maximum atomic E-state index is 11.1. The molecule has 0 unspecified atom stereocenters. The van der Waals surface area contributed by atoms with Gasteiger partial charge in [-0.3, -0.25) is 19.2 Å². The molecule has 6 aromatic heterocycles. The van der Waals surface area contributed by atoms with Crippen LogP contribution in [0.15, 0.2) is 89.2 Å². The zero-order valence-corrected chi connectivity index (χ0v) is 94.9. The molecule has 0 atom stereocenters. The van der Waals surface area contributed by atoms with Crippen LogP contribution in [0.1, 0.15) is 403 Å². The molecule has 12 heterocycles. The van der Waals surface area contributed by atoms with E-state index in [1.165, 1.54) is 237 Å². The van der Waals surface area contributed by atoms with Gasteiger partial charge in [0.2, 0.25) is 11.8 Å². The third kappa shape index (κ3) is 62.3. The van der Waals surface area contributed by atoms with E-state index in [1.807, 2.05) is 85.6 Å². The van der Waals surface area contributed by atoms with Gasteiger partial charge >= 0.3 is 0 Å². The monoisotopic (exact) mass is 1920 g/mol. The molecule has 22 heteroatoms. The van der Waals surface area contributed by atoms with Crippen molar-refractivity contribution in [1.82, 2.24) is 63.9 Å². The van der Waals surface area contributed by atoms with Gasteiger partial charge in [0.05, 0.1) is 52.6 Å². The summed E-state index contributed by atoms with van der Waals surface area (Å²) in [7, 11) is 1.82. The molecular formula is C112H206N14O5S3. The standard InChI is InChI=1S/C14H29N.C13H27N.C11H21NO2.C11H23NO.C11H17N.C10H18N2S.C9H11N3S.C9H13NO.C9H19NO.C9H19N.C6H9NS/c1-5-10-15-11-7-13(8-12-15)6-9-14(2,3)4;1-4-9-14-10-7-13(8-11-14)6-5-12(2)3;1-9(13)12-7-5-10(6-8-12)14-11(2,3)4;1-4-7-12-8-5-11(6-9-12)13-10(2)3;1-11(2,3)8-7-10-6-4-5-9-12-10;1-5-12(6-2)10-11-9(7-13-10)8(3)4;1-7(2)8-5-13-9(11-8)12-4-3-10-6-12;1-9(2,3)11-8-6-4-5-7-10-8;1-3-6-10-7-4-9(11-2)5-8-10;1-9(2,3)10-7-5-4-6-8-10;1-5(2)6-3-8-4-7-6/h13H,5-12H2,1-4H3;12-13H,4-11H2,1-3H3;10H,5-8H2,1-4H3;10-11H,4-9H2,1-3H3;4-6,9H,7-8H2,1-3H3;7-8H,5-6H2,1-4H3;3-7H,1-2H3;4-7H,1-3H3;9H,3-8H2,1-2H3;4-8H2,1-3H3;3-5H,1-2H3. The van der Waals surface area contributed by atoms with Gasteiger partial charge in [-0.15, -0.1) is 34.0 Å². The molecule has 0 aliphatic carbocycles. The number of hydrogen-bond acceptors (Lipinski definition) is 20. The number of aryl methyl sites for hydroxylation is 1. The van der Waals surface area contributed by atoms with Gasteiger partial charge in [-0.25, -0.2) is 24.9 Å². The quantitative estimate of drug-likeness (QED) is 0.0479. The third-order valence-electron chi connectivity index (χ3n) is 24.5. The second-order valence-corrected chi connectivity index (χ2v) is 47.1. The lowest BCUT2D eigenvalue weighted by atomic mass is 9.83. The van der Waals surface area contributed by atoms with Gasteiger partial charge in [0, 0.05) is 125 Å². The van der Waals surface area contributed by atoms with E-state index in [4.69, 9.17) is 18.9 Å². The van der Waals surface area contributed by atoms with Gasteiger partial charge in [0.15, 0.2) is 10.3 Å². The van der Waals surface area contributed by atoms with E-state index in [0.717, 1.165) is 79.2 Å². The highest BCUT2D eigenvalue weighted by Crippen LogP contribution is 2.32. The van der Waals surface area contributed by atoms with Crippen molar-refractivity contribution in [2.45, 2.75) is 428 Å². The number of anilines is 1. The lowest BCUT2D eigenvalue weighted by Gasteiger charge is -2.38. The minimum Gasteiger partial charge on any atom is -0.472 e. The second kappa shape index (κ2) is 69.9. The van der Waals surface area contributed by atoms with Crippen molar-refractivity contribution in [3.05, 3.63) is 112 Å². The van der Waals surface area contributed by atoms with Crippen LogP contribution in [0.25, 0.3) is 5.13 Å². The summed E-state index contributed by atoms with van der Waals surface area (Å²) in [5.41, 5.74) is 7.76. The highest BCUT2D eigenvalue weighted by Gasteiger charge is 2.28. The van der Waals surface area contributed by atoms with Crippen LogP contribution in [0.4, 0.5) is 5.13 Å². The minimum atomic E-state index is -0.158. The molecule has 19 nitrogen and oxygen atoms in total. The number of piperidine rings is 6. The normalized spacial score (nSPS) is 16.9. The predicted octanol–water partition coefficient (Wildman–Crippen LogP) is 28.5. The van der Waals surface area contributed by atoms with Crippen LogP contribution in [-0.4, -0.2) is 236 Å². The Balaban J connectivity index is 0.000000500. The van der Waals surface area contributed by atoms with Gasteiger partial charge in [0.1, 0.15) is 11.9 Å². The number of rotatable bonds is 27. The Hall–Kier alpha value is -4.85. The molecule has 12 rings (SSSR count). The first-order valence-electron chi connectivity index (χ1n) is 53.0. The fourth-order valence-corrected chi connectivity index (χ4v) is 19.1. The molecule has 0 radical (unpaired) electrons. The molecule has 6 aromatic rings. The maximum absolute atomic E-state index is 11.1. The molecule has 6 aliphatic heterocycles. The molecule has 0 spiro atoms. The Morgan fingerprint density at radius 3 is 1.32 bits per heavy atom. The average molecular weight is 1930 g/mol. The highest BCUT2D eigenvalue weighted by molar-refractivity contribution is 7.13. The van der Waals surface area contributed by atoms with Crippen molar-refractivity contribution in [3.8, 4) is 11.0 Å². The topological polar surface area (TPSA) is 159 Å². The zero-order valence-electron chi connectivity index (χ0n) is 92.5. The van der Waals surface area contributed by atoms with Crippen LogP contribution in [-0.2, 0) is 25.4 Å². The maximum Gasteiger partial charge on any atom is 0.219 e. The summed E-state index contributed by atoms with van der Waals surface area (Å²) in [5, 5.41) is 8.50. The third-order valence-corrected chi connectivity index (χ3v) is 26.9. The number of imidazole rings is 1. The van der Waals surface area contributed by atoms with Crippen molar-refractivity contribution in [1.29, 1.82) is 0 Å². The van der Waals surface area contributed by atoms with Gasteiger partial charge in [-0.05, 0) is 348 Å². The summed E-state index contributed by atoms with van der Waals surface area (Å²) >= 11 is 5.05. The van der Waals surface area contributed by atoms with Crippen molar-refractivity contribution >= 4 is 45.0 Å². The Labute approximate surface area is 836 Å². The molecular weight excluding hydrogens is 1720 g/mol. The Morgan fingerprint density at radius 2 is 0.963 bits per heavy atom. The number of likely N-dealkylation sites (tertiary alicyclic amines) is 6. The molecule has 6 fully saturated rings.